The van der Waals surface area contributed by atoms with Crippen LogP contribution >= 0.6 is 0 Å². The Balaban J connectivity index is 1.42. The summed E-state index contributed by atoms with van der Waals surface area (Å²) in [6.45, 7) is 3.26. The van der Waals surface area contributed by atoms with Crippen molar-refractivity contribution in [3.05, 3.63) is 65.4 Å². The molecule has 158 valence electrons. The Morgan fingerprint density at radius 2 is 1.90 bits per heavy atom. The molecular weight excluding hydrogens is 397 g/mol. The Hall–Kier alpha value is -3.62. The standard InChI is InChI=1S/C22H22FN7O/c1-22(3-4-22)31-19-8-13(15(24)9-14(19)23)21(25)17-10-20(29-12-28-17)30-7-2-16-18(11-30)27-6-5-26-16/h5-6,8-10,12,25H,2-4,7,11,24H2,1H3. The zero-order valence-electron chi connectivity index (χ0n) is 17.1. The lowest BCUT2D eigenvalue weighted by Gasteiger charge is -2.28. The van der Waals surface area contributed by atoms with Crippen LogP contribution in [0.3, 0.4) is 0 Å². The minimum Gasteiger partial charge on any atom is -0.484 e. The Kier molecular flexibility index (Phi) is 4.53. The van der Waals surface area contributed by atoms with E-state index in [1.54, 1.807) is 18.5 Å². The van der Waals surface area contributed by atoms with Gasteiger partial charge in [0, 0.05) is 48.7 Å². The van der Waals surface area contributed by atoms with Crippen molar-refractivity contribution in [3.63, 3.8) is 0 Å². The van der Waals surface area contributed by atoms with Gasteiger partial charge in [-0.1, -0.05) is 0 Å². The summed E-state index contributed by atoms with van der Waals surface area (Å²) in [4.78, 5) is 19.5. The van der Waals surface area contributed by atoms with Crippen LogP contribution in [0.15, 0.2) is 36.9 Å². The fourth-order valence-electron chi connectivity index (χ4n) is 3.63. The molecule has 0 radical (unpaired) electrons. The highest BCUT2D eigenvalue weighted by molar-refractivity contribution is 6.13. The topological polar surface area (TPSA) is 114 Å². The molecule has 0 spiro atoms. The molecule has 0 bridgehead atoms. The molecule has 9 heteroatoms. The van der Waals surface area contributed by atoms with Gasteiger partial charge in [0.15, 0.2) is 11.6 Å². The van der Waals surface area contributed by atoms with Crippen LogP contribution < -0.4 is 15.4 Å². The SMILES string of the molecule is CC1(Oc2cc(C(=N)c3cc(N4CCc5nccnc5C4)ncn3)c(N)cc2F)CC1. The number of hydrogen-bond acceptors (Lipinski definition) is 8. The summed E-state index contributed by atoms with van der Waals surface area (Å²) in [6.07, 6.45) is 7.33. The van der Waals surface area contributed by atoms with E-state index in [0.29, 0.717) is 23.6 Å². The number of nitrogen functional groups attached to an aromatic ring is 1. The number of benzene rings is 1. The molecular formula is C22H22FN7O. The second-order valence-electron chi connectivity index (χ2n) is 8.18. The van der Waals surface area contributed by atoms with Gasteiger partial charge in [-0.3, -0.25) is 15.4 Å². The van der Waals surface area contributed by atoms with Crippen molar-refractivity contribution in [2.75, 3.05) is 17.2 Å². The van der Waals surface area contributed by atoms with Crippen LogP contribution in [-0.2, 0) is 13.0 Å². The number of aromatic nitrogens is 4. The summed E-state index contributed by atoms with van der Waals surface area (Å²) in [5.41, 5.74) is 8.64. The van der Waals surface area contributed by atoms with Crippen molar-refractivity contribution in [1.82, 2.24) is 19.9 Å². The largest absolute Gasteiger partial charge is 0.484 e. The van der Waals surface area contributed by atoms with Crippen LogP contribution in [0.1, 0.15) is 42.4 Å². The van der Waals surface area contributed by atoms with Gasteiger partial charge in [-0.2, -0.15) is 0 Å². The smallest absolute Gasteiger partial charge is 0.167 e. The lowest BCUT2D eigenvalue weighted by Crippen LogP contribution is -2.32. The van der Waals surface area contributed by atoms with E-state index in [1.165, 1.54) is 18.5 Å². The van der Waals surface area contributed by atoms with Gasteiger partial charge in [0.1, 0.15) is 17.7 Å². The average molecular weight is 419 g/mol. The first-order valence-electron chi connectivity index (χ1n) is 10.1. The third-order valence-electron chi connectivity index (χ3n) is 5.74. The summed E-state index contributed by atoms with van der Waals surface area (Å²) in [7, 11) is 0. The van der Waals surface area contributed by atoms with Crippen molar-refractivity contribution < 1.29 is 9.13 Å². The average Bonchev–Trinajstić information content (AvgIpc) is 3.51. The van der Waals surface area contributed by atoms with E-state index in [1.807, 2.05) is 6.92 Å². The molecule has 31 heavy (non-hydrogen) atoms. The second kappa shape index (κ2) is 7.26. The van der Waals surface area contributed by atoms with Crippen molar-refractivity contribution in [1.29, 1.82) is 5.41 Å². The number of halogens is 1. The Morgan fingerprint density at radius 1 is 1.13 bits per heavy atom. The minimum absolute atomic E-state index is 0.0872. The second-order valence-corrected chi connectivity index (χ2v) is 8.18. The highest BCUT2D eigenvalue weighted by Crippen LogP contribution is 2.41. The first-order valence-corrected chi connectivity index (χ1v) is 10.1. The first kappa shape index (κ1) is 19.3. The maximum Gasteiger partial charge on any atom is 0.167 e. The van der Waals surface area contributed by atoms with Gasteiger partial charge in [0.2, 0.25) is 0 Å². The zero-order valence-corrected chi connectivity index (χ0v) is 17.1. The maximum atomic E-state index is 14.4. The van der Waals surface area contributed by atoms with E-state index in [-0.39, 0.29) is 22.7 Å². The molecule has 1 aliphatic carbocycles. The van der Waals surface area contributed by atoms with Crippen molar-refractivity contribution in [3.8, 4) is 5.75 Å². The first-order chi connectivity index (χ1) is 14.9. The number of hydrogen-bond donors (Lipinski definition) is 2. The van der Waals surface area contributed by atoms with Gasteiger partial charge >= 0.3 is 0 Å². The number of anilines is 2. The van der Waals surface area contributed by atoms with Crippen molar-refractivity contribution in [2.24, 2.45) is 0 Å². The Bertz CT molecular complexity index is 1180. The highest BCUT2D eigenvalue weighted by atomic mass is 19.1. The molecule has 1 saturated carbocycles. The fourth-order valence-corrected chi connectivity index (χ4v) is 3.63. The molecule has 1 aromatic carbocycles. The van der Waals surface area contributed by atoms with Crippen LogP contribution in [0.2, 0.25) is 0 Å². The predicted molar refractivity (Wildman–Crippen MR) is 114 cm³/mol. The molecule has 3 N–H and O–H groups in total. The predicted octanol–water partition coefficient (Wildman–Crippen LogP) is 2.90. The molecule has 0 amide bonds. The third kappa shape index (κ3) is 3.78. The maximum absolute atomic E-state index is 14.4. The molecule has 5 rings (SSSR count). The number of ether oxygens (including phenoxy) is 1. The fraction of sp³-hybridized carbons (Fsp3) is 0.318. The quantitative estimate of drug-likeness (QED) is 0.483. The van der Waals surface area contributed by atoms with Gasteiger partial charge in [0.25, 0.3) is 0 Å². The Morgan fingerprint density at radius 3 is 2.68 bits per heavy atom. The van der Waals surface area contributed by atoms with E-state index < -0.39 is 5.82 Å². The number of rotatable bonds is 5. The molecule has 1 fully saturated rings. The number of nitrogens with two attached hydrogens (primary N) is 1. The lowest BCUT2D eigenvalue weighted by molar-refractivity contribution is 0.191. The molecule has 0 atom stereocenters. The van der Waals surface area contributed by atoms with Gasteiger partial charge in [0.05, 0.1) is 29.3 Å². The number of nitrogens with one attached hydrogen (secondary N) is 1. The van der Waals surface area contributed by atoms with Gasteiger partial charge in [-0.25, -0.2) is 14.4 Å². The van der Waals surface area contributed by atoms with Crippen LogP contribution in [-0.4, -0.2) is 37.8 Å². The van der Waals surface area contributed by atoms with E-state index in [4.69, 9.17) is 15.9 Å². The molecule has 8 nitrogen and oxygen atoms in total. The van der Waals surface area contributed by atoms with E-state index in [0.717, 1.165) is 37.2 Å². The molecule has 1 aliphatic heterocycles. The summed E-state index contributed by atoms with van der Waals surface area (Å²) in [5, 5.41) is 8.66. The van der Waals surface area contributed by atoms with Crippen LogP contribution in [0.4, 0.5) is 15.9 Å². The van der Waals surface area contributed by atoms with E-state index in [9.17, 15) is 4.39 Å². The molecule has 0 saturated heterocycles. The molecule has 3 aromatic rings. The molecule has 2 aromatic heterocycles. The minimum atomic E-state index is -0.529. The van der Waals surface area contributed by atoms with Crippen molar-refractivity contribution in [2.45, 2.75) is 38.3 Å². The summed E-state index contributed by atoms with van der Waals surface area (Å²) in [5.74, 6) is 0.266. The summed E-state index contributed by atoms with van der Waals surface area (Å²) in [6, 6.07) is 4.44. The number of fused-ring (bicyclic) bond motifs is 1. The summed E-state index contributed by atoms with van der Waals surface area (Å²) >= 11 is 0. The van der Waals surface area contributed by atoms with Gasteiger partial charge in [-0.15, -0.1) is 0 Å². The Labute approximate surface area is 178 Å². The third-order valence-corrected chi connectivity index (χ3v) is 5.74. The van der Waals surface area contributed by atoms with Gasteiger partial charge in [-0.05, 0) is 25.8 Å². The normalized spacial score (nSPS) is 16.5. The van der Waals surface area contributed by atoms with Crippen LogP contribution in [0.25, 0.3) is 0 Å². The lowest BCUT2D eigenvalue weighted by atomic mass is 10.0. The van der Waals surface area contributed by atoms with Crippen molar-refractivity contribution >= 4 is 17.2 Å². The summed E-state index contributed by atoms with van der Waals surface area (Å²) < 4.78 is 20.2. The molecule has 3 heterocycles. The van der Waals surface area contributed by atoms with Gasteiger partial charge < -0.3 is 15.4 Å². The zero-order chi connectivity index (χ0) is 21.6. The molecule has 0 unspecified atom stereocenters. The van der Waals surface area contributed by atoms with E-state index in [2.05, 4.69) is 24.8 Å². The monoisotopic (exact) mass is 419 g/mol. The van der Waals surface area contributed by atoms with Crippen LogP contribution in [0, 0.1) is 11.2 Å². The van der Waals surface area contributed by atoms with E-state index >= 15 is 0 Å². The molecule has 2 aliphatic rings. The highest BCUT2D eigenvalue weighted by Gasteiger charge is 2.40. The van der Waals surface area contributed by atoms with Crippen LogP contribution in [0.5, 0.6) is 5.75 Å². The number of nitrogens with zero attached hydrogens (tertiary/aromatic N) is 5.